The molecule has 4 rings (SSSR count). The van der Waals surface area contributed by atoms with Gasteiger partial charge in [-0.15, -0.1) is 0 Å². The van der Waals surface area contributed by atoms with Gasteiger partial charge in [0.25, 0.3) is 0 Å². The summed E-state index contributed by atoms with van der Waals surface area (Å²) in [7, 11) is 0. The van der Waals surface area contributed by atoms with Crippen LogP contribution in [0.3, 0.4) is 0 Å². The maximum atomic E-state index is 13.1. The molecule has 5 heteroatoms. The number of nitrogens with zero attached hydrogens (tertiary/aromatic N) is 2. The molecule has 2 saturated heterocycles. The first-order chi connectivity index (χ1) is 11.9. The Balaban J connectivity index is 1.50. The number of likely N-dealkylation sites (tertiary alicyclic amines) is 1. The monoisotopic (exact) mass is 339 g/mol. The predicted molar refractivity (Wildman–Crippen MR) is 97.1 cm³/mol. The fraction of sp³-hybridized carbons (Fsp3) is 0.550. The number of carbonyl (C=O) groups is 2. The zero-order valence-electron chi connectivity index (χ0n) is 15.0. The first-order valence-corrected chi connectivity index (χ1v) is 9.16. The molecule has 0 aliphatic carbocycles. The normalized spacial score (nSPS) is 27.7. The molecular formula is C20H25N3O2. The Morgan fingerprint density at radius 3 is 2.60 bits per heavy atom. The Labute approximate surface area is 148 Å². The maximum Gasteiger partial charge on any atom is 0.230 e. The third-order valence-corrected chi connectivity index (χ3v) is 6.40. The second-order valence-electron chi connectivity index (χ2n) is 7.93. The molecule has 3 aliphatic heterocycles. The predicted octanol–water partition coefficient (Wildman–Crippen LogP) is 2.57. The first-order valence-electron chi connectivity index (χ1n) is 9.16. The van der Waals surface area contributed by atoms with Crippen LogP contribution in [0.15, 0.2) is 29.3 Å². The second kappa shape index (κ2) is 5.68. The fourth-order valence-electron chi connectivity index (χ4n) is 4.61. The highest BCUT2D eigenvalue weighted by molar-refractivity contribution is 6.00. The molecule has 0 bridgehead atoms. The van der Waals surface area contributed by atoms with E-state index in [-0.39, 0.29) is 17.2 Å². The molecule has 1 aromatic rings. The zero-order valence-corrected chi connectivity index (χ0v) is 15.0. The van der Waals surface area contributed by atoms with Gasteiger partial charge in [-0.2, -0.15) is 0 Å². The summed E-state index contributed by atoms with van der Waals surface area (Å²) in [6.07, 6.45) is 2.93. The summed E-state index contributed by atoms with van der Waals surface area (Å²) in [5.41, 5.74) is 3.11. The van der Waals surface area contributed by atoms with Crippen molar-refractivity contribution in [2.75, 3.05) is 19.6 Å². The molecule has 5 nitrogen and oxygen atoms in total. The van der Waals surface area contributed by atoms with Crippen LogP contribution in [0, 0.1) is 5.41 Å². The van der Waals surface area contributed by atoms with Crippen LogP contribution in [-0.2, 0) is 15.0 Å². The lowest BCUT2D eigenvalue weighted by Gasteiger charge is -2.44. The van der Waals surface area contributed by atoms with E-state index < -0.39 is 5.41 Å². The molecule has 1 atom stereocenters. The number of benzene rings is 1. The van der Waals surface area contributed by atoms with Gasteiger partial charge in [-0.25, -0.2) is 0 Å². The Hall–Kier alpha value is -2.17. The van der Waals surface area contributed by atoms with Crippen LogP contribution in [0.1, 0.15) is 45.1 Å². The Morgan fingerprint density at radius 1 is 1.20 bits per heavy atom. The van der Waals surface area contributed by atoms with Crippen LogP contribution in [-0.4, -0.2) is 42.1 Å². The van der Waals surface area contributed by atoms with Crippen molar-refractivity contribution in [3.8, 4) is 0 Å². The molecule has 2 amide bonds. The Bertz CT molecular complexity index is 750. The molecule has 3 heterocycles. The smallest absolute Gasteiger partial charge is 0.230 e. The summed E-state index contributed by atoms with van der Waals surface area (Å²) in [4.78, 5) is 31.3. The lowest BCUT2D eigenvalue weighted by atomic mass is 9.70. The Morgan fingerprint density at radius 2 is 1.92 bits per heavy atom. The number of amides is 2. The van der Waals surface area contributed by atoms with Crippen molar-refractivity contribution in [2.45, 2.75) is 44.9 Å². The van der Waals surface area contributed by atoms with E-state index in [4.69, 9.17) is 4.99 Å². The van der Waals surface area contributed by atoms with Gasteiger partial charge in [0.15, 0.2) is 0 Å². The highest BCUT2D eigenvalue weighted by Gasteiger charge is 2.46. The summed E-state index contributed by atoms with van der Waals surface area (Å²) >= 11 is 0. The molecule has 0 aromatic heterocycles. The van der Waals surface area contributed by atoms with Gasteiger partial charge >= 0.3 is 0 Å². The van der Waals surface area contributed by atoms with Crippen molar-refractivity contribution < 1.29 is 9.59 Å². The molecule has 3 aliphatic rings. The highest BCUT2D eigenvalue weighted by Crippen LogP contribution is 2.47. The molecule has 132 valence electrons. The molecule has 2 fully saturated rings. The van der Waals surface area contributed by atoms with Gasteiger partial charge in [-0.05, 0) is 44.7 Å². The van der Waals surface area contributed by atoms with E-state index in [1.54, 1.807) is 0 Å². The van der Waals surface area contributed by atoms with Crippen molar-refractivity contribution in [3.63, 3.8) is 0 Å². The lowest BCUT2D eigenvalue weighted by molar-refractivity contribution is -0.145. The van der Waals surface area contributed by atoms with Crippen molar-refractivity contribution in [1.82, 2.24) is 10.2 Å². The van der Waals surface area contributed by atoms with Gasteiger partial charge in [0.05, 0.1) is 11.1 Å². The van der Waals surface area contributed by atoms with E-state index in [0.717, 1.165) is 31.6 Å². The van der Waals surface area contributed by atoms with E-state index in [1.807, 2.05) is 17.9 Å². The molecule has 1 spiro atoms. The molecular weight excluding hydrogens is 314 g/mol. The minimum Gasteiger partial charge on any atom is -0.355 e. The molecule has 25 heavy (non-hydrogen) atoms. The largest absolute Gasteiger partial charge is 0.355 e. The number of carbonyl (C=O) groups excluding carboxylic acids is 2. The van der Waals surface area contributed by atoms with Gasteiger partial charge in [-0.1, -0.05) is 18.2 Å². The summed E-state index contributed by atoms with van der Waals surface area (Å²) in [5.74, 6) is 0.237. The minimum atomic E-state index is -0.463. The van der Waals surface area contributed by atoms with Crippen LogP contribution in [0.25, 0.3) is 0 Å². The van der Waals surface area contributed by atoms with Crippen molar-refractivity contribution in [3.05, 3.63) is 29.8 Å². The van der Waals surface area contributed by atoms with Gasteiger partial charge < -0.3 is 10.2 Å². The average Bonchev–Trinajstić information content (AvgIpc) is 2.90. The summed E-state index contributed by atoms with van der Waals surface area (Å²) < 4.78 is 0. The quantitative estimate of drug-likeness (QED) is 0.855. The summed E-state index contributed by atoms with van der Waals surface area (Å²) in [5, 5.41) is 2.86. The van der Waals surface area contributed by atoms with Crippen LogP contribution < -0.4 is 5.32 Å². The molecule has 1 unspecified atom stereocenters. The number of piperidine rings is 2. The topological polar surface area (TPSA) is 61.8 Å². The molecule has 0 saturated carbocycles. The van der Waals surface area contributed by atoms with Crippen LogP contribution in [0.2, 0.25) is 0 Å². The van der Waals surface area contributed by atoms with Crippen molar-refractivity contribution in [2.24, 2.45) is 10.4 Å². The average molecular weight is 339 g/mol. The number of hydrogen-bond donors (Lipinski definition) is 1. The number of aliphatic imine (C=N–C) groups is 1. The molecule has 1 aromatic carbocycles. The van der Waals surface area contributed by atoms with Crippen molar-refractivity contribution in [1.29, 1.82) is 0 Å². The number of nitrogens with one attached hydrogen (secondary N) is 1. The van der Waals surface area contributed by atoms with Gasteiger partial charge in [0.2, 0.25) is 11.8 Å². The van der Waals surface area contributed by atoms with E-state index in [1.165, 1.54) is 11.3 Å². The first kappa shape index (κ1) is 16.3. The maximum absolute atomic E-state index is 13.1. The third kappa shape index (κ3) is 2.48. The van der Waals surface area contributed by atoms with E-state index in [2.05, 4.69) is 30.4 Å². The third-order valence-electron chi connectivity index (χ3n) is 6.40. The SMILES string of the molecule is CC1=Nc2ccccc2C12CCN(C(=O)C1(C)CCC(=O)NC1)CC2. The number of hydrogen-bond acceptors (Lipinski definition) is 3. The van der Waals surface area contributed by atoms with Crippen LogP contribution in [0.5, 0.6) is 0 Å². The summed E-state index contributed by atoms with van der Waals surface area (Å²) in [6, 6.07) is 8.38. The molecule has 0 radical (unpaired) electrons. The van der Waals surface area contributed by atoms with E-state index in [9.17, 15) is 9.59 Å². The van der Waals surface area contributed by atoms with Gasteiger partial charge in [0, 0.05) is 37.2 Å². The highest BCUT2D eigenvalue weighted by atomic mass is 16.2. The number of rotatable bonds is 1. The number of para-hydroxylation sites is 1. The standard InChI is InChI=1S/C20H25N3O2/c1-14-20(15-5-3-4-6-16(15)22-14)9-11-23(12-10-20)18(25)19(2)8-7-17(24)21-13-19/h3-6H,7-13H2,1-2H3,(H,21,24). The van der Waals surface area contributed by atoms with Crippen LogP contribution >= 0.6 is 0 Å². The zero-order chi connectivity index (χ0) is 17.7. The van der Waals surface area contributed by atoms with E-state index >= 15 is 0 Å². The van der Waals surface area contributed by atoms with Crippen molar-refractivity contribution >= 4 is 23.2 Å². The molecule has 1 N–H and O–H groups in total. The second-order valence-corrected chi connectivity index (χ2v) is 7.93. The van der Waals surface area contributed by atoms with E-state index in [0.29, 0.717) is 19.4 Å². The van der Waals surface area contributed by atoms with Gasteiger partial charge in [-0.3, -0.25) is 14.6 Å². The number of fused-ring (bicyclic) bond motifs is 2. The van der Waals surface area contributed by atoms with Crippen LogP contribution in [0.4, 0.5) is 5.69 Å². The van der Waals surface area contributed by atoms with Gasteiger partial charge in [0.1, 0.15) is 0 Å². The Kier molecular flexibility index (Phi) is 3.71. The minimum absolute atomic E-state index is 0.00490. The lowest BCUT2D eigenvalue weighted by Crippen LogP contribution is -2.55. The summed E-state index contributed by atoms with van der Waals surface area (Å²) in [6.45, 7) is 6.06. The fourth-order valence-corrected chi connectivity index (χ4v) is 4.61.